The van der Waals surface area contributed by atoms with Gasteiger partial charge in [0, 0.05) is 23.4 Å². The van der Waals surface area contributed by atoms with Gasteiger partial charge in [-0.2, -0.15) is 18.3 Å². The van der Waals surface area contributed by atoms with E-state index in [0.717, 1.165) is 11.6 Å². The molecule has 7 nitrogen and oxygen atoms in total. The lowest BCUT2D eigenvalue weighted by molar-refractivity contribution is -0.146. The van der Waals surface area contributed by atoms with Crippen LogP contribution in [0.15, 0.2) is 36.8 Å². The number of amides is 1. The topological polar surface area (TPSA) is 92.9 Å². The number of hydrogen-bond donors (Lipinski definition) is 2. The fraction of sp³-hybridized carbons (Fsp3) is 0.263. The van der Waals surface area contributed by atoms with Crippen LogP contribution in [0.1, 0.15) is 28.7 Å². The van der Waals surface area contributed by atoms with Gasteiger partial charge in [0.05, 0.1) is 12.3 Å². The Morgan fingerprint density at radius 3 is 2.60 bits per heavy atom. The first-order valence-electron chi connectivity index (χ1n) is 8.77. The van der Waals surface area contributed by atoms with Crippen LogP contribution in [-0.2, 0) is 6.18 Å². The van der Waals surface area contributed by atoms with Gasteiger partial charge in [0.15, 0.2) is 5.82 Å². The van der Waals surface area contributed by atoms with E-state index in [-0.39, 0.29) is 23.4 Å². The summed E-state index contributed by atoms with van der Waals surface area (Å²) in [6, 6.07) is 4.64. The second-order valence-electron chi connectivity index (χ2n) is 6.63. The maximum atomic E-state index is 15.3. The molecule has 158 valence electrons. The Labute approximate surface area is 168 Å². The lowest BCUT2D eigenvalue weighted by Crippen LogP contribution is -2.35. The molecule has 0 aliphatic carbocycles. The molecule has 3 rings (SSSR count). The van der Waals surface area contributed by atoms with Crippen LogP contribution in [0.2, 0.25) is 0 Å². The Morgan fingerprint density at radius 1 is 1.27 bits per heavy atom. The third kappa shape index (κ3) is 4.30. The first-order valence-corrected chi connectivity index (χ1v) is 8.77. The van der Waals surface area contributed by atoms with Gasteiger partial charge in [-0.15, -0.1) is 0 Å². The van der Waals surface area contributed by atoms with E-state index < -0.39 is 35.5 Å². The molecule has 0 spiro atoms. The number of halogens is 4. The number of pyridine rings is 1. The number of nitrogens with one attached hydrogen (secondary N) is 1. The smallest absolute Gasteiger partial charge is 0.394 e. The molecule has 1 atom stereocenters. The van der Waals surface area contributed by atoms with Crippen LogP contribution < -0.4 is 5.32 Å². The van der Waals surface area contributed by atoms with Gasteiger partial charge in [-0.25, -0.2) is 14.1 Å². The summed E-state index contributed by atoms with van der Waals surface area (Å²) in [5.74, 6) is -3.19. The van der Waals surface area contributed by atoms with E-state index >= 15 is 4.39 Å². The highest BCUT2D eigenvalue weighted by molar-refractivity contribution is 5.96. The van der Waals surface area contributed by atoms with E-state index in [1.54, 1.807) is 13.0 Å². The highest BCUT2D eigenvalue weighted by Gasteiger charge is 2.38. The fourth-order valence-electron chi connectivity index (χ4n) is 2.67. The van der Waals surface area contributed by atoms with Crippen LogP contribution in [-0.4, -0.2) is 43.4 Å². The van der Waals surface area contributed by atoms with E-state index in [1.807, 2.05) is 0 Å². The molecule has 0 radical (unpaired) electrons. The zero-order chi connectivity index (χ0) is 22.1. The summed E-state index contributed by atoms with van der Waals surface area (Å²) in [7, 11) is 0. The Morgan fingerprint density at radius 2 is 2.00 bits per heavy atom. The Balaban J connectivity index is 2.22. The highest BCUT2D eigenvalue weighted by Crippen LogP contribution is 2.32. The SMILES string of the molecule is Cc1ccc(-c2cc(C(=O)N[C@@H](C)CO)cc(-n3ncnc3C(F)(F)F)c2F)nc1. The van der Waals surface area contributed by atoms with Crippen molar-refractivity contribution < 1.29 is 27.5 Å². The van der Waals surface area contributed by atoms with Gasteiger partial charge < -0.3 is 10.4 Å². The minimum atomic E-state index is -4.89. The zero-order valence-electron chi connectivity index (χ0n) is 15.9. The molecule has 2 N–H and O–H groups in total. The van der Waals surface area contributed by atoms with Gasteiger partial charge in [0.25, 0.3) is 5.91 Å². The third-order valence-electron chi connectivity index (χ3n) is 4.18. The van der Waals surface area contributed by atoms with E-state index in [0.29, 0.717) is 11.0 Å². The molecule has 0 unspecified atom stereocenters. The predicted octanol–water partition coefficient (Wildman–Crippen LogP) is 2.91. The number of carbonyl (C=O) groups excluding carboxylic acids is 1. The largest absolute Gasteiger partial charge is 0.451 e. The van der Waals surface area contributed by atoms with Crippen molar-refractivity contribution in [1.82, 2.24) is 25.1 Å². The van der Waals surface area contributed by atoms with Crippen LogP contribution >= 0.6 is 0 Å². The number of aromatic nitrogens is 4. The van der Waals surface area contributed by atoms with Gasteiger partial charge in [-0.3, -0.25) is 9.78 Å². The molecule has 1 aromatic carbocycles. The Kier molecular flexibility index (Phi) is 5.83. The minimum absolute atomic E-state index is 0.123. The van der Waals surface area contributed by atoms with E-state index in [2.05, 4.69) is 20.4 Å². The van der Waals surface area contributed by atoms with Crippen molar-refractivity contribution in [1.29, 1.82) is 0 Å². The maximum Gasteiger partial charge on any atom is 0.451 e. The van der Waals surface area contributed by atoms with Crippen LogP contribution in [0.25, 0.3) is 16.9 Å². The molecule has 0 bridgehead atoms. The number of aliphatic hydroxyl groups is 1. The number of aliphatic hydroxyl groups excluding tert-OH is 1. The first-order chi connectivity index (χ1) is 14.1. The molecule has 11 heteroatoms. The lowest BCUT2D eigenvalue weighted by Gasteiger charge is -2.16. The highest BCUT2D eigenvalue weighted by atomic mass is 19.4. The summed E-state index contributed by atoms with van der Waals surface area (Å²) in [5, 5.41) is 15.1. The van der Waals surface area contributed by atoms with E-state index in [4.69, 9.17) is 5.11 Å². The van der Waals surface area contributed by atoms with E-state index in [1.165, 1.54) is 25.3 Å². The number of aryl methyl sites for hydroxylation is 1. The number of alkyl halides is 3. The standard InChI is InChI=1S/C19H17F4N5O2/c1-10-3-4-14(24-7-10)13-5-12(17(30)27-11(2)8-29)6-15(16(13)20)28-18(19(21,22)23)25-9-26-28/h3-7,9,11,29H,8H2,1-2H3,(H,27,30)/t11-/m0/s1. The molecule has 3 aromatic rings. The lowest BCUT2D eigenvalue weighted by atomic mass is 10.0. The van der Waals surface area contributed by atoms with Crippen molar-refractivity contribution in [2.75, 3.05) is 6.61 Å². The van der Waals surface area contributed by atoms with Crippen LogP contribution in [0.5, 0.6) is 0 Å². The quantitative estimate of drug-likeness (QED) is 0.616. The average molecular weight is 423 g/mol. The number of carbonyl (C=O) groups is 1. The summed E-state index contributed by atoms with van der Waals surface area (Å²) < 4.78 is 55.4. The van der Waals surface area contributed by atoms with Crippen LogP contribution in [0.3, 0.4) is 0 Å². The molecule has 2 aromatic heterocycles. The van der Waals surface area contributed by atoms with Crippen molar-refractivity contribution in [3.63, 3.8) is 0 Å². The molecule has 0 aliphatic heterocycles. The van der Waals surface area contributed by atoms with Gasteiger partial charge in [0.2, 0.25) is 5.82 Å². The monoisotopic (exact) mass is 423 g/mol. The van der Waals surface area contributed by atoms with Gasteiger partial charge in [-0.1, -0.05) is 6.07 Å². The number of nitrogens with zero attached hydrogens (tertiary/aromatic N) is 4. The maximum absolute atomic E-state index is 15.3. The molecular formula is C19H17F4N5O2. The Hall–Kier alpha value is -3.34. The molecule has 1 amide bonds. The Bertz CT molecular complexity index is 1060. The second kappa shape index (κ2) is 8.19. The normalized spacial score (nSPS) is 12.6. The molecule has 30 heavy (non-hydrogen) atoms. The van der Waals surface area contributed by atoms with Crippen molar-refractivity contribution in [3.05, 3.63) is 59.6 Å². The van der Waals surface area contributed by atoms with Gasteiger partial charge in [0.1, 0.15) is 12.0 Å². The van der Waals surface area contributed by atoms with Gasteiger partial charge >= 0.3 is 6.18 Å². The molecule has 0 aliphatic rings. The third-order valence-corrected chi connectivity index (χ3v) is 4.18. The summed E-state index contributed by atoms with van der Waals surface area (Å²) in [4.78, 5) is 19.8. The van der Waals surface area contributed by atoms with Crippen molar-refractivity contribution in [2.24, 2.45) is 0 Å². The van der Waals surface area contributed by atoms with Crippen LogP contribution in [0.4, 0.5) is 17.6 Å². The van der Waals surface area contributed by atoms with Crippen molar-refractivity contribution >= 4 is 5.91 Å². The van der Waals surface area contributed by atoms with Crippen molar-refractivity contribution in [3.8, 4) is 16.9 Å². The van der Waals surface area contributed by atoms with Gasteiger partial charge in [-0.05, 0) is 37.6 Å². The fourth-order valence-corrected chi connectivity index (χ4v) is 2.67. The summed E-state index contributed by atoms with van der Waals surface area (Å²) in [6.07, 6.45) is -2.78. The average Bonchev–Trinajstić information content (AvgIpc) is 3.19. The second-order valence-corrected chi connectivity index (χ2v) is 6.63. The predicted molar refractivity (Wildman–Crippen MR) is 98.3 cm³/mol. The number of benzene rings is 1. The first kappa shape index (κ1) is 21.4. The summed E-state index contributed by atoms with van der Waals surface area (Å²) in [5.41, 5.74) is -0.00862. The summed E-state index contributed by atoms with van der Waals surface area (Å²) >= 11 is 0. The summed E-state index contributed by atoms with van der Waals surface area (Å²) in [6.45, 7) is 2.95. The zero-order valence-corrected chi connectivity index (χ0v) is 15.9. The molecule has 0 saturated heterocycles. The number of hydrogen-bond acceptors (Lipinski definition) is 5. The molecular weight excluding hydrogens is 406 g/mol. The molecule has 0 fully saturated rings. The molecule has 0 saturated carbocycles. The van der Waals surface area contributed by atoms with Crippen molar-refractivity contribution in [2.45, 2.75) is 26.1 Å². The molecule has 2 heterocycles. The van der Waals surface area contributed by atoms with Crippen LogP contribution in [0, 0.1) is 12.7 Å². The number of rotatable bonds is 5. The van der Waals surface area contributed by atoms with E-state index in [9.17, 15) is 18.0 Å². The minimum Gasteiger partial charge on any atom is -0.394 e.